The molecule has 47 heteroatoms. The number of fused-ring (bicyclic) bond motifs is 6. The van der Waals surface area contributed by atoms with Crippen LogP contribution in [0.5, 0.6) is 17.2 Å². The van der Waals surface area contributed by atoms with Crippen LogP contribution >= 0.6 is 81.9 Å². The van der Waals surface area contributed by atoms with Crippen molar-refractivity contribution in [1.29, 1.82) is 0 Å². The van der Waals surface area contributed by atoms with Crippen molar-refractivity contribution in [2.24, 2.45) is 0 Å². The number of nitrogens with one attached hydrogen (secondary N) is 1. The molecule has 0 fully saturated rings. The number of alkyl halides is 21. The van der Waals surface area contributed by atoms with E-state index in [0.29, 0.717) is 57.8 Å². The number of aliphatic carboxylic acids is 6. The third-order valence-corrected chi connectivity index (χ3v) is 24.0. The summed E-state index contributed by atoms with van der Waals surface area (Å²) in [5.74, 6) is -13.4. The van der Waals surface area contributed by atoms with Crippen molar-refractivity contribution in [1.82, 2.24) is 0 Å². The van der Waals surface area contributed by atoms with Gasteiger partial charge in [-0.2, -0.15) is 92.2 Å². The predicted molar refractivity (Wildman–Crippen MR) is 435 cm³/mol. The van der Waals surface area contributed by atoms with Crippen LogP contribution in [0.25, 0.3) is 36.0 Å². The van der Waals surface area contributed by atoms with Crippen LogP contribution in [0.3, 0.4) is 0 Å². The van der Waals surface area contributed by atoms with Crippen molar-refractivity contribution >= 4 is 165 Å². The molecule has 8 aromatic carbocycles. The summed E-state index contributed by atoms with van der Waals surface area (Å²) in [5.41, 5.74) is -7.45. The second-order valence-electron chi connectivity index (χ2n) is 28.5. The number of aromatic hydroxyl groups is 1. The van der Waals surface area contributed by atoms with Gasteiger partial charge in [0.15, 0.2) is 23.5 Å². The van der Waals surface area contributed by atoms with Crippen LogP contribution < -0.4 is 14.8 Å². The van der Waals surface area contributed by atoms with Crippen LogP contribution in [0.1, 0.15) is 81.2 Å². The van der Waals surface area contributed by atoms with Gasteiger partial charge in [-0.1, -0.05) is 98.0 Å². The van der Waals surface area contributed by atoms with Gasteiger partial charge in [-0.05, 0) is 179 Å². The highest BCUT2D eigenvalue weighted by atomic mass is 35.5. The molecule has 6 aliphatic rings. The Morgan fingerprint density at radius 1 is 0.412 bits per heavy atom. The lowest BCUT2D eigenvalue weighted by Crippen LogP contribution is -2.42. The van der Waals surface area contributed by atoms with E-state index in [-0.39, 0.29) is 114 Å². The molecular formula is C84H53Cl3F23NO16S4. The van der Waals surface area contributed by atoms with E-state index in [1.54, 1.807) is 48.5 Å². The molecule has 8 N–H and O–H groups in total. The smallest absolute Gasteiger partial charge is 0.446 e. The number of carbonyl (C=O) groups is 7. The number of ether oxygens (including phenoxy) is 2. The number of phenolic OH excluding ortho intramolecular Hbond substituents is 1. The van der Waals surface area contributed by atoms with Crippen LogP contribution in [-0.4, -0.2) is 154 Å². The van der Waals surface area contributed by atoms with Gasteiger partial charge in [0.2, 0.25) is 12.2 Å². The van der Waals surface area contributed by atoms with Crippen molar-refractivity contribution in [3.05, 3.63) is 267 Å². The summed E-state index contributed by atoms with van der Waals surface area (Å²) in [4.78, 5) is 79.5. The minimum absolute atomic E-state index is 0.0207. The lowest BCUT2D eigenvalue weighted by Gasteiger charge is -2.30. The molecule has 696 valence electrons. The van der Waals surface area contributed by atoms with Gasteiger partial charge in [-0.15, -0.1) is 35.3 Å². The molecule has 0 saturated carbocycles. The summed E-state index contributed by atoms with van der Waals surface area (Å²) >= 11 is 18.3. The van der Waals surface area contributed by atoms with Crippen LogP contribution in [0.4, 0.5) is 107 Å². The molecule has 6 aliphatic heterocycles. The summed E-state index contributed by atoms with van der Waals surface area (Å²) < 4.78 is 306. The van der Waals surface area contributed by atoms with Crippen LogP contribution in [-0.2, 0) is 34.2 Å². The molecule has 6 atom stereocenters. The average molecular weight is 2000 g/mol. The van der Waals surface area contributed by atoms with Crippen molar-refractivity contribution in [2.45, 2.75) is 122 Å². The number of rotatable bonds is 10. The molecule has 0 amide bonds. The molecule has 6 unspecified atom stereocenters. The largest absolute Gasteiger partial charge is 0.508 e. The van der Waals surface area contributed by atoms with E-state index in [9.17, 15) is 145 Å². The first kappa shape index (κ1) is 103. The molecule has 0 bridgehead atoms. The van der Waals surface area contributed by atoms with Gasteiger partial charge < -0.3 is 50.5 Å². The van der Waals surface area contributed by atoms with Gasteiger partial charge in [0.1, 0.15) is 33.0 Å². The lowest BCUT2D eigenvalue weighted by atomic mass is 9.86. The third kappa shape index (κ3) is 25.9. The van der Waals surface area contributed by atoms with E-state index in [1.165, 1.54) is 72.8 Å². The second-order valence-corrected chi connectivity index (χ2v) is 34.3. The highest BCUT2D eigenvalue weighted by Crippen LogP contribution is 2.53. The first-order chi connectivity index (χ1) is 60.3. The van der Waals surface area contributed by atoms with Gasteiger partial charge in [0.25, 0.3) is 0 Å². The van der Waals surface area contributed by atoms with E-state index < -0.39 is 175 Å². The maximum atomic E-state index is 13.4. The fourth-order valence-electron chi connectivity index (χ4n) is 12.4. The lowest BCUT2D eigenvalue weighted by molar-refractivity contribution is -0.187. The topological polar surface area (TPSA) is 292 Å². The monoisotopic (exact) mass is 2000 g/mol. The number of anilines is 1. The molecule has 0 spiro atoms. The zero-order chi connectivity index (χ0) is 98.0. The zero-order valence-electron chi connectivity index (χ0n) is 65.0. The Bertz CT molecular complexity index is 6020. The summed E-state index contributed by atoms with van der Waals surface area (Å²) in [6.45, 7) is 5.97. The third-order valence-electron chi connectivity index (χ3n) is 18.2. The summed E-state index contributed by atoms with van der Waals surface area (Å²) in [6.07, 6.45) is -29.4. The molecule has 14 rings (SSSR count). The Morgan fingerprint density at radius 2 is 0.878 bits per heavy atom. The van der Waals surface area contributed by atoms with Gasteiger partial charge in [-0.3, -0.25) is 4.79 Å². The number of hydrogen-bond donors (Lipinski definition) is 8. The Kier molecular flexibility index (Phi) is 31.5. The predicted octanol–water partition coefficient (Wildman–Crippen LogP) is 24.5. The maximum Gasteiger partial charge on any atom is 0.446 e. The highest BCUT2D eigenvalue weighted by molar-refractivity contribution is 8.01. The summed E-state index contributed by atoms with van der Waals surface area (Å²) in [7, 11) is 0. The van der Waals surface area contributed by atoms with Gasteiger partial charge in [0, 0.05) is 74.8 Å². The molecule has 8 aromatic rings. The number of halogens is 26. The highest BCUT2D eigenvalue weighted by Gasteiger charge is 2.54. The normalized spacial score (nSPS) is 17.9. The quantitative estimate of drug-likeness (QED) is 0.0359. The van der Waals surface area contributed by atoms with Crippen LogP contribution in [0.2, 0.25) is 15.1 Å². The van der Waals surface area contributed by atoms with E-state index in [0.717, 1.165) is 48.1 Å². The van der Waals surface area contributed by atoms with E-state index in [2.05, 4.69) is 0 Å². The molecular weight excluding hydrogens is 1950 g/mol. The Morgan fingerprint density at radius 3 is 1.37 bits per heavy atom. The number of carbonyl (C=O) groups excluding carboxylic acids is 1. The van der Waals surface area contributed by atoms with Crippen molar-refractivity contribution in [3.63, 3.8) is 0 Å². The standard InChI is InChI=1S/C18H11F3O5.C17H10ClF3O3.C15H15F3O2S.C12H6F6O2S2.C11H5Cl2F3O2S.C11H6F5NO2/c19-18(20,21)16-13(17(24)25)8-11-7-10(3-6-14(11)26-16)15(23)9-1-4-12(22)5-2-9;18-10-6-7-12-11(8-10)13(9-4-2-1-3-5-9)14(16(22)23)15(24-12)17(19,20)21;1-14(2,3)9-4-5-11-8(6-9)7-10(13(19)20)12(21-11)15(16,17)18;13-11(14,15)9-7(10(19)20)4-5-3-6(22-12(16,17)18)1-2-8(5)21-9;12-5-1-4-2-6(10(17)18)9(11(14,15)16)19-8(4)7(13)3-5;12-6-2-4-1-5(10(18)19)9(11(14,15)16)17-8(4)3-7(6)13/h1-8,16,22H,(H,24,25);1-8,15H,(H,22,23);4-7,12H,1-3H3,(H,19,20);1-4,9H,(H,19,20);1-3,9H,(H,17,18);1-3,9,17H,(H,18,19). The molecule has 17 nitrogen and oxygen atoms in total. The molecule has 0 aromatic heterocycles. The van der Waals surface area contributed by atoms with Crippen molar-refractivity contribution in [3.8, 4) is 17.2 Å². The van der Waals surface area contributed by atoms with E-state index >= 15 is 0 Å². The van der Waals surface area contributed by atoms with Gasteiger partial charge in [-0.25, -0.2) is 37.5 Å². The number of phenols is 1. The van der Waals surface area contributed by atoms with Crippen LogP contribution in [0.15, 0.2) is 205 Å². The van der Waals surface area contributed by atoms with Crippen LogP contribution in [0, 0.1) is 11.6 Å². The SMILES string of the molecule is CC(C)(C)c1ccc2c(c1)C=C(C(=O)O)C(C(F)(F)F)S2.O=C(O)C1=C(c2ccccc2)c2cc(Cl)ccc2OC1C(F)(F)F.O=C(O)C1=Cc2cc(C(=O)c3ccc(O)cc3)ccc2OC1C(F)(F)F.O=C(O)C1=Cc2cc(Cl)cc(Cl)c2SC1C(F)(F)F.O=C(O)C1=Cc2cc(F)c(F)cc2NC1C(F)(F)F.O=C(O)C1=Cc2cc(SC(F)(F)F)ccc2SC1C(F)(F)F. The number of ketones is 1. The number of benzene rings is 8. The van der Waals surface area contributed by atoms with Crippen molar-refractivity contribution < 1.29 is 180 Å². The van der Waals surface area contributed by atoms with E-state index in [4.69, 9.17) is 69.8 Å². The number of carboxylic acids is 6. The minimum atomic E-state index is -4.89. The molecule has 131 heavy (non-hydrogen) atoms. The summed E-state index contributed by atoms with van der Waals surface area (Å²) in [6, 6.07) is 31.1. The fraction of sp³-hybridized carbons (Fsp3) is 0.202. The number of hydrogen-bond acceptors (Lipinski definition) is 15. The van der Waals surface area contributed by atoms with Crippen molar-refractivity contribution in [2.75, 3.05) is 5.32 Å². The Labute approximate surface area is 753 Å². The minimum Gasteiger partial charge on any atom is -0.508 e. The molecule has 6 heterocycles. The molecule has 0 radical (unpaired) electrons. The Balaban J connectivity index is 0.000000178. The van der Waals surface area contributed by atoms with Gasteiger partial charge >= 0.3 is 78.4 Å². The maximum absolute atomic E-state index is 13.4. The average Bonchev–Trinajstić information content (AvgIpc) is 0.755. The second kappa shape index (κ2) is 39.9. The fourth-order valence-corrected chi connectivity index (χ4v) is 17.1. The number of carboxylic acid groups (broad SMARTS) is 6. The number of thioether (sulfide) groups is 4. The molecule has 0 saturated heterocycles. The van der Waals surface area contributed by atoms with E-state index in [1.807, 2.05) is 26.1 Å². The first-order valence-corrected chi connectivity index (χ1v) is 40.5. The molecule has 0 aliphatic carbocycles. The zero-order valence-corrected chi connectivity index (χ0v) is 70.6. The summed E-state index contributed by atoms with van der Waals surface area (Å²) in [5, 5.41) is 59.3. The van der Waals surface area contributed by atoms with Gasteiger partial charge in [0.05, 0.1) is 38.5 Å². The first-order valence-electron chi connectivity index (χ1n) is 35.9. The Hall–Kier alpha value is -11.5.